The van der Waals surface area contributed by atoms with E-state index in [9.17, 15) is 33.6 Å². The zero-order valence-corrected chi connectivity index (χ0v) is 27.1. The van der Waals surface area contributed by atoms with Gasteiger partial charge in [0.15, 0.2) is 0 Å². The predicted molar refractivity (Wildman–Crippen MR) is 163 cm³/mol. The summed E-state index contributed by atoms with van der Waals surface area (Å²) in [6.07, 6.45) is 1.07. The van der Waals surface area contributed by atoms with Crippen molar-refractivity contribution in [2.75, 3.05) is 38.5 Å². The molecule has 1 aliphatic rings. The first kappa shape index (κ1) is 38.6. The van der Waals surface area contributed by atoms with Crippen LogP contribution < -0.4 is 26.6 Å². The highest BCUT2D eigenvalue weighted by atomic mass is 32.2. The second kappa shape index (κ2) is 19.8. The summed E-state index contributed by atoms with van der Waals surface area (Å²) >= 11 is 1.09. The summed E-state index contributed by atoms with van der Waals surface area (Å²) in [6, 6.07) is -1.79. The maximum atomic E-state index is 12.9. The molecule has 0 radical (unpaired) electrons. The molecule has 16 heteroatoms. The minimum atomic E-state index is -0.923. The van der Waals surface area contributed by atoms with Crippen LogP contribution >= 0.6 is 11.8 Å². The summed E-state index contributed by atoms with van der Waals surface area (Å²) < 4.78 is 5.17. The minimum Gasteiger partial charge on any atom is -0.444 e. The maximum absolute atomic E-state index is 12.9. The van der Waals surface area contributed by atoms with E-state index in [1.165, 1.54) is 6.92 Å². The van der Waals surface area contributed by atoms with Crippen LogP contribution in [0.2, 0.25) is 0 Å². The number of aliphatic hydroxyl groups excluding tert-OH is 1. The smallest absolute Gasteiger partial charge is 0.407 e. The number of ether oxygens (including phenoxy) is 1. The Bertz CT molecular complexity index is 1020. The molecule has 1 rings (SSSR count). The Labute approximate surface area is 262 Å². The van der Waals surface area contributed by atoms with E-state index in [0.717, 1.165) is 16.7 Å². The summed E-state index contributed by atoms with van der Waals surface area (Å²) in [7, 11) is 0. The number of hydrogen-bond donors (Lipinski definition) is 6. The normalized spacial score (nSPS) is 16.1. The SMILES string of the molecule is CCCNC(=O)C(CSC1CC(=O)N(CCC(=O)NC(CCCCNC(=O)OC(C)(C)C)C(=O)NCCO)C1=O)NC(C)=O. The van der Waals surface area contributed by atoms with Crippen LogP contribution in [0.4, 0.5) is 4.79 Å². The number of carbonyl (C=O) groups is 7. The largest absolute Gasteiger partial charge is 0.444 e. The van der Waals surface area contributed by atoms with Crippen molar-refractivity contribution in [1.29, 1.82) is 0 Å². The molecule has 0 saturated carbocycles. The molecule has 44 heavy (non-hydrogen) atoms. The zero-order chi connectivity index (χ0) is 33.3. The standard InChI is InChI=1S/C28H48N6O9S/c1-6-11-29-25(40)20(32-18(2)36)17-44-21-16-23(38)34(26(21)41)14-10-22(37)33-19(24(39)30-13-15-35)9-7-8-12-31-27(42)43-28(3,4)5/h19-21,35H,6-17H2,1-5H3,(H,29,40)(H,30,39)(H,31,42)(H,32,36)(H,33,37). The van der Waals surface area contributed by atoms with Crippen molar-refractivity contribution in [2.24, 2.45) is 0 Å². The van der Waals surface area contributed by atoms with E-state index >= 15 is 0 Å². The van der Waals surface area contributed by atoms with E-state index in [0.29, 0.717) is 32.4 Å². The number of amides is 7. The fraction of sp³-hybridized carbons (Fsp3) is 0.750. The fourth-order valence-electron chi connectivity index (χ4n) is 4.06. The molecule has 15 nitrogen and oxygen atoms in total. The van der Waals surface area contributed by atoms with Gasteiger partial charge in [-0.3, -0.25) is 33.7 Å². The molecule has 6 N–H and O–H groups in total. The topological polar surface area (TPSA) is 212 Å². The summed E-state index contributed by atoms with van der Waals surface area (Å²) in [5, 5.41) is 21.3. The fourth-order valence-corrected chi connectivity index (χ4v) is 5.25. The number of rotatable bonds is 19. The monoisotopic (exact) mass is 644 g/mol. The highest BCUT2D eigenvalue weighted by Gasteiger charge is 2.39. The van der Waals surface area contributed by atoms with Gasteiger partial charge < -0.3 is 36.4 Å². The Morgan fingerprint density at radius 3 is 2.25 bits per heavy atom. The number of nitrogens with one attached hydrogen (secondary N) is 5. The van der Waals surface area contributed by atoms with E-state index in [1.807, 2.05) is 6.92 Å². The molecule has 0 bridgehead atoms. The molecule has 1 saturated heterocycles. The molecule has 0 spiro atoms. The minimum absolute atomic E-state index is 0.00426. The Morgan fingerprint density at radius 2 is 1.64 bits per heavy atom. The molecule has 7 amide bonds. The van der Waals surface area contributed by atoms with Crippen LogP contribution in [-0.4, -0.2) is 113 Å². The highest BCUT2D eigenvalue weighted by molar-refractivity contribution is 8.00. The van der Waals surface area contributed by atoms with Gasteiger partial charge in [0.2, 0.25) is 35.4 Å². The first-order valence-corrected chi connectivity index (χ1v) is 15.9. The van der Waals surface area contributed by atoms with Crippen molar-refractivity contribution in [1.82, 2.24) is 31.5 Å². The first-order valence-electron chi connectivity index (χ1n) is 14.8. The third-order valence-corrected chi connectivity index (χ3v) is 7.42. The van der Waals surface area contributed by atoms with Gasteiger partial charge in [-0.15, -0.1) is 11.8 Å². The molecule has 1 fully saturated rings. The molecule has 1 aliphatic heterocycles. The molecular weight excluding hydrogens is 596 g/mol. The number of likely N-dealkylation sites (tertiary alicyclic amines) is 1. The lowest BCUT2D eigenvalue weighted by Crippen LogP contribution is -2.48. The van der Waals surface area contributed by atoms with Gasteiger partial charge in [0, 0.05) is 51.7 Å². The second-order valence-electron chi connectivity index (χ2n) is 11.3. The Morgan fingerprint density at radius 1 is 0.977 bits per heavy atom. The van der Waals surface area contributed by atoms with Crippen molar-refractivity contribution in [3.05, 3.63) is 0 Å². The van der Waals surface area contributed by atoms with Crippen LogP contribution in [0.25, 0.3) is 0 Å². The highest BCUT2D eigenvalue weighted by Crippen LogP contribution is 2.26. The van der Waals surface area contributed by atoms with Crippen molar-refractivity contribution >= 4 is 53.3 Å². The zero-order valence-electron chi connectivity index (χ0n) is 26.3. The van der Waals surface area contributed by atoms with Gasteiger partial charge in [-0.1, -0.05) is 6.92 Å². The lowest BCUT2D eigenvalue weighted by Gasteiger charge is -2.21. The van der Waals surface area contributed by atoms with E-state index in [2.05, 4.69) is 26.6 Å². The van der Waals surface area contributed by atoms with Crippen molar-refractivity contribution < 1.29 is 43.4 Å². The van der Waals surface area contributed by atoms with Crippen LogP contribution in [-0.2, 0) is 33.5 Å². The van der Waals surface area contributed by atoms with Crippen LogP contribution in [0.3, 0.4) is 0 Å². The maximum Gasteiger partial charge on any atom is 0.407 e. The summed E-state index contributed by atoms with van der Waals surface area (Å²) in [6.45, 7) is 8.71. The van der Waals surface area contributed by atoms with E-state index < -0.39 is 58.6 Å². The van der Waals surface area contributed by atoms with Crippen LogP contribution in [0.15, 0.2) is 0 Å². The van der Waals surface area contributed by atoms with Crippen LogP contribution in [0, 0.1) is 0 Å². The van der Waals surface area contributed by atoms with Crippen molar-refractivity contribution in [2.45, 2.75) is 96.1 Å². The number of aliphatic hydroxyl groups is 1. The number of thioether (sulfide) groups is 1. The quantitative estimate of drug-likeness (QED) is 0.0788. The molecule has 0 aliphatic carbocycles. The molecule has 3 atom stereocenters. The molecule has 0 aromatic rings. The second-order valence-corrected chi connectivity index (χ2v) is 12.5. The van der Waals surface area contributed by atoms with Crippen LogP contribution in [0.1, 0.15) is 73.1 Å². The van der Waals surface area contributed by atoms with Crippen molar-refractivity contribution in [3.63, 3.8) is 0 Å². The molecule has 250 valence electrons. The molecule has 0 aromatic heterocycles. The number of unbranched alkanes of at least 4 members (excludes halogenated alkanes) is 1. The number of carbonyl (C=O) groups excluding carboxylic acids is 7. The Kier molecular flexibility index (Phi) is 17.4. The summed E-state index contributed by atoms with van der Waals surface area (Å²) in [4.78, 5) is 87.5. The van der Waals surface area contributed by atoms with E-state index in [1.54, 1.807) is 20.8 Å². The molecule has 0 aromatic carbocycles. The number of hydrogen-bond acceptors (Lipinski definition) is 10. The van der Waals surface area contributed by atoms with Gasteiger partial charge in [0.1, 0.15) is 17.7 Å². The number of nitrogens with zero attached hydrogens (tertiary/aromatic N) is 1. The summed E-state index contributed by atoms with van der Waals surface area (Å²) in [5.41, 5.74) is -0.628. The third-order valence-electron chi connectivity index (χ3n) is 6.12. The average molecular weight is 645 g/mol. The Hall–Kier alpha value is -3.40. The predicted octanol–water partition coefficient (Wildman–Crippen LogP) is -0.444. The molecular formula is C28H48N6O9S. The first-order chi connectivity index (χ1) is 20.7. The average Bonchev–Trinajstić information content (AvgIpc) is 3.20. The van der Waals surface area contributed by atoms with Gasteiger partial charge >= 0.3 is 6.09 Å². The van der Waals surface area contributed by atoms with Crippen LogP contribution in [0.5, 0.6) is 0 Å². The van der Waals surface area contributed by atoms with Gasteiger partial charge in [-0.05, 0) is 46.5 Å². The lowest BCUT2D eigenvalue weighted by molar-refractivity contribution is -0.139. The molecule has 1 heterocycles. The van der Waals surface area contributed by atoms with Gasteiger partial charge in [0.05, 0.1) is 11.9 Å². The third kappa shape index (κ3) is 15.4. The molecule has 3 unspecified atom stereocenters. The van der Waals surface area contributed by atoms with E-state index in [4.69, 9.17) is 9.84 Å². The summed E-state index contributed by atoms with van der Waals surface area (Å²) in [5.74, 6) is -2.67. The number of imide groups is 1. The van der Waals surface area contributed by atoms with Crippen molar-refractivity contribution in [3.8, 4) is 0 Å². The van der Waals surface area contributed by atoms with Gasteiger partial charge in [0.25, 0.3) is 0 Å². The van der Waals surface area contributed by atoms with Gasteiger partial charge in [-0.25, -0.2) is 4.79 Å². The number of alkyl carbamates (subject to hydrolysis) is 1. The van der Waals surface area contributed by atoms with Gasteiger partial charge in [-0.2, -0.15) is 0 Å². The lowest BCUT2D eigenvalue weighted by atomic mass is 10.1. The van der Waals surface area contributed by atoms with E-state index in [-0.39, 0.29) is 50.6 Å². The Balaban J connectivity index is 2.63.